The van der Waals surface area contributed by atoms with Crippen molar-refractivity contribution in [2.75, 3.05) is 6.61 Å². The highest BCUT2D eigenvalue weighted by molar-refractivity contribution is 5.00. The molecule has 5 heteroatoms. The fourth-order valence-electron chi connectivity index (χ4n) is 3.83. The maximum Gasteiger partial charge on any atom is 0.226 e. The fraction of sp³-hybridized carbons (Fsp3) is 0.867. The fourth-order valence-corrected chi connectivity index (χ4v) is 3.83. The van der Waals surface area contributed by atoms with Crippen LogP contribution in [0.1, 0.15) is 58.7 Å². The van der Waals surface area contributed by atoms with E-state index < -0.39 is 0 Å². The first-order chi connectivity index (χ1) is 9.38. The Labute approximate surface area is 121 Å². The second kappa shape index (κ2) is 5.82. The Morgan fingerprint density at radius 3 is 2.70 bits per heavy atom. The Morgan fingerprint density at radius 2 is 2.15 bits per heavy atom. The summed E-state index contributed by atoms with van der Waals surface area (Å²) in [6.07, 6.45) is 3.92. The third-order valence-electron chi connectivity index (χ3n) is 4.19. The molecule has 2 atom stereocenters. The van der Waals surface area contributed by atoms with Gasteiger partial charge < -0.3 is 14.9 Å². The lowest BCUT2D eigenvalue weighted by molar-refractivity contribution is 0.0347. The predicted molar refractivity (Wildman–Crippen MR) is 77.1 cm³/mol. The van der Waals surface area contributed by atoms with Gasteiger partial charge in [-0.15, -0.1) is 0 Å². The van der Waals surface area contributed by atoms with Crippen molar-refractivity contribution in [3.63, 3.8) is 0 Å². The summed E-state index contributed by atoms with van der Waals surface area (Å²) in [6, 6.07) is 0. The van der Waals surface area contributed by atoms with E-state index in [4.69, 9.17) is 4.52 Å². The smallest absolute Gasteiger partial charge is 0.226 e. The average molecular weight is 281 g/mol. The van der Waals surface area contributed by atoms with Gasteiger partial charge in [0.1, 0.15) is 0 Å². The van der Waals surface area contributed by atoms with E-state index in [0.29, 0.717) is 24.2 Å². The first kappa shape index (κ1) is 15.4. The first-order valence-corrected chi connectivity index (χ1v) is 7.55. The molecule has 0 spiro atoms. The summed E-state index contributed by atoms with van der Waals surface area (Å²) < 4.78 is 5.12. The van der Waals surface area contributed by atoms with E-state index in [0.717, 1.165) is 19.3 Å². The number of hydrogen-bond acceptors (Lipinski definition) is 5. The molecule has 2 unspecified atom stereocenters. The minimum Gasteiger partial charge on any atom is -0.394 e. The summed E-state index contributed by atoms with van der Waals surface area (Å²) in [5.41, 5.74) is 0.0212. The van der Waals surface area contributed by atoms with Gasteiger partial charge in [-0.2, -0.15) is 4.98 Å². The predicted octanol–water partition coefficient (Wildman–Crippen LogP) is 2.30. The largest absolute Gasteiger partial charge is 0.394 e. The maximum atomic E-state index is 9.89. The van der Waals surface area contributed by atoms with Gasteiger partial charge in [0, 0.05) is 12.0 Å². The van der Waals surface area contributed by atoms with Crippen LogP contribution in [0.3, 0.4) is 0 Å². The van der Waals surface area contributed by atoms with Crippen LogP contribution in [0.5, 0.6) is 0 Å². The van der Waals surface area contributed by atoms with Gasteiger partial charge in [0.25, 0.3) is 0 Å². The van der Waals surface area contributed by atoms with Crippen molar-refractivity contribution >= 4 is 0 Å². The number of nitrogens with zero attached hydrogens (tertiary/aromatic N) is 2. The highest BCUT2D eigenvalue weighted by Gasteiger charge is 2.42. The van der Waals surface area contributed by atoms with Crippen molar-refractivity contribution in [2.45, 2.75) is 65.5 Å². The van der Waals surface area contributed by atoms with Gasteiger partial charge >= 0.3 is 0 Å². The van der Waals surface area contributed by atoms with Crippen molar-refractivity contribution < 1.29 is 9.63 Å². The molecule has 5 nitrogen and oxygen atoms in total. The summed E-state index contributed by atoms with van der Waals surface area (Å²) in [4.78, 5) is 4.31. The van der Waals surface area contributed by atoms with Crippen LogP contribution in [0.2, 0.25) is 0 Å². The van der Waals surface area contributed by atoms with E-state index in [1.807, 2.05) is 6.92 Å². The minimum absolute atomic E-state index is 0.152. The molecule has 1 aliphatic carbocycles. The van der Waals surface area contributed by atoms with Crippen molar-refractivity contribution in [1.29, 1.82) is 0 Å². The monoisotopic (exact) mass is 281 g/mol. The molecule has 0 aromatic carbocycles. The number of aryl methyl sites for hydroxylation is 1. The van der Waals surface area contributed by atoms with Crippen LogP contribution in [0.4, 0.5) is 0 Å². The van der Waals surface area contributed by atoms with Crippen LogP contribution in [0.15, 0.2) is 4.52 Å². The van der Waals surface area contributed by atoms with Crippen molar-refractivity contribution in [2.24, 2.45) is 11.3 Å². The van der Waals surface area contributed by atoms with Crippen LogP contribution in [-0.4, -0.2) is 27.4 Å². The molecule has 2 N–H and O–H groups in total. The van der Waals surface area contributed by atoms with Gasteiger partial charge in [-0.3, -0.25) is 0 Å². The highest BCUT2D eigenvalue weighted by Crippen LogP contribution is 2.43. The van der Waals surface area contributed by atoms with E-state index in [1.165, 1.54) is 6.42 Å². The minimum atomic E-state index is -0.228. The Kier molecular flexibility index (Phi) is 4.49. The molecule has 0 amide bonds. The number of rotatable bonds is 5. The number of aromatic nitrogens is 2. The van der Waals surface area contributed by atoms with Gasteiger partial charge in [-0.25, -0.2) is 0 Å². The summed E-state index contributed by atoms with van der Waals surface area (Å²) in [5.74, 6) is 1.94. The van der Waals surface area contributed by atoms with Crippen molar-refractivity contribution in [3.05, 3.63) is 11.7 Å². The summed E-state index contributed by atoms with van der Waals surface area (Å²) in [6.45, 7) is 9.50. The SMILES string of the molecule is CCc1nc(CNC2(CO)CC(C)CC(C)(C)C2)no1. The molecule has 2 rings (SSSR count). The topological polar surface area (TPSA) is 71.2 Å². The van der Waals surface area contributed by atoms with Crippen LogP contribution in [-0.2, 0) is 13.0 Å². The molecule has 0 radical (unpaired) electrons. The lowest BCUT2D eigenvalue weighted by Gasteiger charge is -2.47. The molecule has 0 aliphatic heterocycles. The maximum absolute atomic E-state index is 9.89. The average Bonchev–Trinajstić information content (AvgIpc) is 2.82. The van der Waals surface area contributed by atoms with Crippen LogP contribution < -0.4 is 5.32 Å². The quantitative estimate of drug-likeness (QED) is 0.866. The Hall–Kier alpha value is -0.940. The Morgan fingerprint density at radius 1 is 1.40 bits per heavy atom. The summed E-state index contributed by atoms with van der Waals surface area (Å²) in [5, 5.41) is 17.3. The lowest BCUT2D eigenvalue weighted by Crippen LogP contribution is -2.55. The molecule has 1 saturated carbocycles. The molecule has 114 valence electrons. The molecule has 1 aromatic heterocycles. The molecule has 1 aliphatic rings. The second-order valence-electron chi connectivity index (χ2n) is 7.10. The van der Waals surface area contributed by atoms with Crippen LogP contribution >= 0.6 is 0 Å². The standard InChI is InChI=1S/C15H27N3O2/c1-5-13-17-12(18-20-13)8-16-15(10-19)7-11(2)6-14(3,4)9-15/h11,16,19H,5-10H2,1-4H3. The molecule has 1 heterocycles. The first-order valence-electron chi connectivity index (χ1n) is 7.55. The van der Waals surface area contributed by atoms with Crippen molar-refractivity contribution in [3.8, 4) is 0 Å². The van der Waals surface area contributed by atoms with Gasteiger partial charge in [0.05, 0.1) is 13.2 Å². The third-order valence-corrected chi connectivity index (χ3v) is 4.19. The van der Waals surface area contributed by atoms with E-state index in [-0.39, 0.29) is 17.6 Å². The van der Waals surface area contributed by atoms with Crippen molar-refractivity contribution in [1.82, 2.24) is 15.5 Å². The molecule has 1 aromatic rings. The zero-order valence-corrected chi connectivity index (χ0v) is 13.1. The molecule has 20 heavy (non-hydrogen) atoms. The zero-order valence-electron chi connectivity index (χ0n) is 13.1. The molecular weight excluding hydrogens is 254 g/mol. The van der Waals surface area contributed by atoms with Crippen LogP contribution in [0.25, 0.3) is 0 Å². The number of nitrogens with one attached hydrogen (secondary N) is 1. The van der Waals surface area contributed by atoms with Gasteiger partial charge in [0.15, 0.2) is 5.82 Å². The number of aliphatic hydroxyl groups is 1. The highest BCUT2D eigenvalue weighted by atomic mass is 16.5. The second-order valence-corrected chi connectivity index (χ2v) is 7.10. The van der Waals surface area contributed by atoms with E-state index in [2.05, 4.69) is 36.2 Å². The molecule has 0 saturated heterocycles. The normalized spacial score (nSPS) is 29.6. The molecule has 1 fully saturated rings. The number of hydrogen-bond donors (Lipinski definition) is 2. The van der Waals surface area contributed by atoms with E-state index >= 15 is 0 Å². The van der Waals surface area contributed by atoms with Gasteiger partial charge in [-0.1, -0.05) is 32.9 Å². The van der Waals surface area contributed by atoms with Gasteiger partial charge in [0.2, 0.25) is 5.89 Å². The summed E-state index contributed by atoms with van der Waals surface area (Å²) >= 11 is 0. The third kappa shape index (κ3) is 3.58. The molecular formula is C15H27N3O2. The number of aliphatic hydroxyl groups excluding tert-OH is 1. The van der Waals surface area contributed by atoms with Gasteiger partial charge in [-0.05, 0) is 30.6 Å². The zero-order chi connectivity index (χ0) is 14.8. The summed E-state index contributed by atoms with van der Waals surface area (Å²) in [7, 11) is 0. The lowest BCUT2D eigenvalue weighted by atomic mass is 9.64. The Balaban J connectivity index is 2.03. The molecule has 0 bridgehead atoms. The van der Waals surface area contributed by atoms with Crippen LogP contribution in [0, 0.1) is 11.3 Å². The Bertz CT molecular complexity index is 444. The van der Waals surface area contributed by atoms with E-state index in [9.17, 15) is 5.11 Å². The van der Waals surface area contributed by atoms with E-state index in [1.54, 1.807) is 0 Å².